The van der Waals surface area contributed by atoms with Crippen LogP contribution in [0.4, 0.5) is 0 Å². The molecule has 0 aromatic heterocycles. The Hall–Kier alpha value is -1.60. The minimum absolute atomic E-state index is 0. The van der Waals surface area contributed by atoms with Crippen LogP contribution in [0.1, 0.15) is 42.4 Å². The number of hydrogen-bond acceptors (Lipinski definition) is 2. The summed E-state index contributed by atoms with van der Waals surface area (Å²) >= 11 is 0. The molecule has 1 saturated carbocycles. The van der Waals surface area contributed by atoms with Gasteiger partial charge in [-0.2, -0.15) is 0 Å². The third-order valence-electron chi connectivity index (χ3n) is 4.78. The first-order valence-corrected chi connectivity index (χ1v) is 9.50. The number of halogens is 1. The van der Waals surface area contributed by atoms with Crippen LogP contribution in [0.25, 0.3) is 0 Å². The number of rotatable bonds is 7. The van der Waals surface area contributed by atoms with Gasteiger partial charge in [-0.25, -0.2) is 0 Å². The third-order valence-corrected chi connectivity index (χ3v) is 4.78. The fraction of sp³-hybridized carbons (Fsp3) is 0.409. The Labute approximate surface area is 179 Å². The lowest BCUT2D eigenvalue weighted by Crippen LogP contribution is -2.41. The Kier molecular flexibility index (Phi) is 9.62. The Bertz CT molecular complexity index is 682. The maximum Gasteiger partial charge on any atom is 0.191 e. The molecule has 5 heteroatoms. The summed E-state index contributed by atoms with van der Waals surface area (Å²) in [4.78, 5) is 4.33. The summed E-state index contributed by atoms with van der Waals surface area (Å²) in [6.45, 7) is 2.05. The van der Waals surface area contributed by atoms with Crippen molar-refractivity contribution < 1.29 is 4.74 Å². The SMILES string of the molecule is CN=C(NCc1ccc(COCc2ccccc2)cc1)NC1CCCC1.I. The van der Waals surface area contributed by atoms with Gasteiger partial charge in [0.15, 0.2) is 5.96 Å². The van der Waals surface area contributed by atoms with Gasteiger partial charge in [0, 0.05) is 19.6 Å². The lowest BCUT2D eigenvalue weighted by molar-refractivity contribution is 0.107. The van der Waals surface area contributed by atoms with Gasteiger partial charge >= 0.3 is 0 Å². The van der Waals surface area contributed by atoms with Crippen molar-refractivity contribution in [2.24, 2.45) is 4.99 Å². The Morgan fingerprint density at radius 2 is 1.52 bits per heavy atom. The maximum absolute atomic E-state index is 5.79. The molecule has 2 N–H and O–H groups in total. The molecule has 4 nitrogen and oxygen atoms in total. The largest absolute Gasteiger partial charge is 0.372 e. The summed E-state index contributed by atoms with van der Waals surface area (Å²) in [5.41, 5.74) is 3.64. The van der Waals surface area contributed by atoms with Crippen LogP contribution in [0.15, 0.2) is 59.6 Å². The second-order valence-corrected chi connectivity index (χ2v) is 6.85. The van der Waals surface area contributed by atoms with Crippen molar-refractivity contribution in [3.8, 4) is 0 Å². The van der Waals surface area contributed by atoms with E-state index in [0.717, 1.165) is 12.5 Å². The molecule has 0 aliphatic heterocycles. The Balaban J connectivity index is 0.00000261. The molecule has 0 amide bonds. The van der Waals surface area contributed by atoms with E-state index < -0.39 is 0 Å². The van der Waals surface area contributed by atoms with Gasteiger partial charge in [-0.15, -0.1) is 24.0 Å². The lowest BCUT2D eigenvalue weighted by atomic mass is 10.1. The number of aliphatic imine (C=N–C) groups is 1. The Morgan fingerprint density at radius 3 is 2.15 bits per heavy atom. The zero-order chi connectivity index (χ0) is 18.0. The van der Waals surface area contributed by atoms with Crippen LogP contribution in [0, 0.1) is 0 Å². The predicted molar refractivity (Wildman–Crippen MR) is 122 cm³/mol. The van der Waals surface area contributed by atoms with Gasteiger partial charge in [-0.1, -0.05) is 67.4 Å². The van der Waals surface area contributed by atoms with Crippen molar-refractivity contribution in [2.75, 3.05) is 7.05 Å². The van der Waals surface area contributed by atoms with Crippen LogP contribution >= 0.6 is 24.0 Å². The van der Waals surface area contributed by atoms with Gasteiger partial charge in [-0.3, -0.25) is 4.99 Å². The molecule has 0 heterocycles. The minimum atomic E-state index is 0. The van der Waals surface area contributed by atoms with Crippen molar-refractivity contribution in [1.29, 1.82) is 0 Å². The normalized spacial score (nSPS) is 14.6. The smallest absolute Gasteiger partial charge is 0.191 e. The van der Waals surface area contributed by atoms with E-state index in [2.05, 4.69) is 52.0 Å². The number of nitrogens with one attached hydrogen (secondary N) is 2. The molecule has 2 aromatic carbocycles. The van der Waals surface area contributed by atoms with Crippen molar-refractivity contribution in [3.63, 3.8) is 0 Å². The molecule has 3 rings (SSSR count). The molecular formula is C22H30IN3O. The van der Waals surface area contributed by atoms with E-state index >= 15 is 0 Å². The molecule has 0 bridgehead atoms. The van der Waals surface area contributed by atoms with Crippen LogP contribution in [-0.2, 0) is 24.5 Å². The van der Waals surface area contributed by atoms with Crippen molar-refractivity contribution in [1.82, 2.24) is 10.6 Å². The number of guanidine groups is 1. The van der Waals surface area contributed by atoms with Gasteiger partial charge in [0.05, 0.1) is 13.2 Å². The maximum atomic E-state index is 5.79. The van der Waals surface area contributed by atoms with E-state index in [9.17, 15) is 0 Å². The minimum Gasteiger partial charge on any atom is -0.372 e. The molecule has 0 unspecified atom stereocenters. The van der Waals surface area contributed by atoms with Crippen molar-refractivity contribution >= 4 is 29.9 Å². The van der Waals surface area contributed by atoms with Crippen molar-refractivity contribution in [2.45, 2.75) is 51.5 Å². The first-order valence-electron chi connectivity index (χ1n) is 9.50. The summed E-state index contributed by atoms with van der Waals surface area (Å²) < 4.78 is 5.79. The summed E-state index contributed by atoms with van der Waals surface area (Å²) in [6, 6.07) is 19.4. The van der Waals surface area contributed by atoms with E-state index in [1.165, 1.54) is 42.4 Å². The fourth-order valence-electron chi connectivity index (χ4n) is 3.26. The number of ether oxygens (including phenoxy) is 1. The molecule has 1 fully saturated rings. The molecular weight excluding hydrogens is 449 g/mol. The average Bonchev–Trinajstić information content (AvgIpc) is 3.20. The summed E-state index contributed by atoms with van der Waals surface area (Å²) in [7, 11) is 1.83. The van der Waals surface area contributed by atoms with Crippen molar-refractivity contribution in [3.05, 3.63) is 71.3 Å². The molecule has 0 spiro atoms. The molecule has 146 valence electrons. The number of hydrogen-bond donors (Lipinski definition) is 2. The van der Waals surface area contributed by atoms with Crippen LogP contribution in [0.5, 0.6) is 0 Å². The second kappa shape index (κ2) is 12.0. The predicted octanol–water partition coefficient (Wildman–Crippen LogP) is 4.63. The van der Waals surface area contributed by atoms with Gasteiger partial charge in [0.25, 0.3) is 0 Å². The summed E-state index contributed by atoms with van der Waals surface area (Å²) in [5.74, 6) is 0.896. The van der Waals surface area contributed by atoms with Gasteiger partial charge < -0.3 is 15.4 Å². The fourth-order valence-corrected chi connectivity index (χ4v) is 3.26. The highest BCUT2D eigenvalue weighted by molar-refractivity contribution is 14.0. The van der Waals surface area contributed by atoms with Crippen LogP contribution < -0.4 is 10.6 Å². The summed E-state index contributed by atoms with van der Waals surface area (Å²) in [5, 5.41) is 6.91. The zero-order valence-corrected chi connectivity index (χ0v) is 18.3. The van der Waals surface area contributed by atoms with E-state index in [1.54, 1.807) is 0 Å². The second-order valence-electron chi connectivity index (χ2n) is 6.85. The quantitative estimate of drug-likeness (QED) is 0.346. The van der Waals surface area contributed by atoms with Crippen LogP contribution in [0.2, 0.25) is 0 Å². The van der Waals surface area contributed by atoms with Gasteiger partial charge in [-0.05, 0) is 29.5 Å². The monoisotopic (exact) mass is 479 g/mol. The van der Waals surface area contributed by atoms with E-state index in [0.29, 0.717) is 19.3 Å². The molecule has 0 saturated heterocycles. The highest BCUT2D eigenvalue weighted by Gasteiger charge is 2.15. The van der Waals surface area contributed by atoms with E-state index in [-0.39, 0.29) is 24.0 Å². The van der Waals surface area contributed by atoms with Crippen LogP contribution in [0.3, 0.4) is 0 Å². The standard InChI is InChI=1S/C22H29N3O.HI/c1-23-22(25-21-9-5-6-10-21)24-15-18-11-13-20(14-12-18)17-26-16-19-7-3-2-4-8-19;/h2-4,7-8,11-14,21H,5-6,9-10,15-17H2,1H3,(H2,23,24,25);1H. The van der Waals surface area contributed by atoms with E-state index in [1.807, 2.05) is 25.2 Å². The highest BCUT2D eigenvalue weighted by atomic mass is 127. The molecule has 2 aromatic rings. The number of benzene rings is 2. The lowest BCUT2D eigenvalue weighted by Gasteiger charge is -2.17. The molecule has 0 atom stereocenters. The molecule has 27 heavy (non-hydrogen) atoms. The third kappa shape index (κ3) is 7.50. The molecule has 1 aliphatic rings. The Morgan fingerprint density at radius 1 is 0.926 bits per heavy atom. The average molecular weight is 479 g/mol. The zero-order valence-electron chi connectivity index (χ0n) is 16.0. The topological polar surface area (TPSA) is 45.7 Å². The number of nitrogens with zero attached hydrogens (tertiary/aromatic N) is 1. The van der Waals surface area contributed by atoms with Gasteiger partial charge in [0.1, 0.15) is 0 Å². The first-order chi connectivity index (χ1) is 12.8. The highest BCUT2D eigenvalue weighted by Crippen LogP contribution is 2.17. The summed E-state index contributed by atoms with van der Waals surface area (Å²) in [6.07, 6.45) is 5.14. The van der Waals surface area contributed by atoms with Crippen LogP contribution in [-0.4, -0.2) is 19.0 Å². The molecule has 1 aliphatic carbocycles. The first kappa shape index (κ1) is 21.7. The van der Waals surface area contributed by atoms with Gasteiger partial charge in [0.2, 0.25) is 0 Å². The molecule has 0 radical (unpaired) electrons. The van der Waals surface area contributed by atoms with E-state index in [4.69, 9.17) is 4.74 Å².